The van der Waals surface area contributed by atoms with Crippen molar-refractivity contribution in [3.63, 3.8) is 0 Å². The third-order valence-electron chi connectivity index (χ3n) is 3.39. The van der Waals surface area contributed by atoms with Gasteiger partial charge in [-0.2, -0.15) is 0 Å². The Labute approximate surface area is 109 Å². The minimum atomic E-state index is 0.802. The van der Waals surface area contributed by atoms with Gasteiger partial charge in [0.25, 0.3) is 0 Å². The summed E-state index contributed by atoms with van der Waals surface area (Å²) in [5.74, 6) is 0.880. The van der Waals surface area contributed by atoms with E-state index in [1.165, 1.54) is 11.1 Å². The number of rotatable bonds is 2. The summed E-state index contributed by atoms with van der Waals surface area (Å²) in [5.41, 5.74) is 3.57. The first-order chi connectivity index (χ1) is 9.43. The number of benzene rings is 2. The standard InChI is InChI=1S/C15H12N4/c1-2-6-12(7-3-1)10-18-13-8-4-5-9-14(13)19-11-16-17-15(18)19/h1-9,11H,10H2. The number of aromatic nitrogens is 4. The van der Waals surface area contributed by atoms with Crippen LogP contribution in [0.3, 0.4) is 0 Å². The van der Waals surface area contributed by atoms with Crippen molar-refractivity contribution in [2.75, 3.05) is 0 Å². The molecule has 4 rings (SSSR count). The van der Waals surface area contributed by atoms with Crippen molar-refractivity contribution in [3.8, 4) is 0 Å². The predicted octanol–water partition coefficient (Wildman–Crippen LogP) is 2.73. The van der Waals surface area contributed by atoms with Gasteiger partial charge < -0.3 is 4.57 Å². The number of hydrogen-bond donors (Lipinski definition) is 0. The van der Waals surface area contributed by atoms with Crippen molar-refractivity contribution in [1.29, 1.82) is 0 Å². The molecule has 0 radical (unpaired) electrons. The summed E-state index contributed by atoms with van der Waals surface area (Å²) in [6.45, 7) is 0.802. The first-order valence-electron chi connectivity index (χ1n) is 6.24. The molecule has 2 heterocycles. The third kappa shape index (κ3) is 1.53. The second-order valence-corrected chi connectivity index (χ2v) is 4.56. The van der Waals surface area contributed by atoms with Crippen LogP contribution in [0.1, 0.15) is 5.56 Å². The van der Waals surface area contributed by atoms with Gasteiger partial charge in [0.15, 0.2) is 0 Å². The van der Waals surface area contributed by atoms with Gasteiger partial charge in [-0.15, -0.1) is 10.2 Å². The Kier molecular flexibility index (Phi) is 2.14. The molecule has 0 fully saturated rings. The fourth-order valence-electron chi connectivity index (χ4n) is 2.51. The molecule has 92 valence electrons. The van der Waals surface area contributed by atoms with E-state index in [1.807, 2.05) is 16.5 Å². The molecular formula is C15H12N4. The molecule has 0 saturated carbocycles. The van der Waals surface area contributed by atoms with Crippen molar-refractivity contribution in [3.05, 3.63) is 66.5 Å². The van der Waals surface area contributed by atoms with Crippen LogP contribution >= 0.6 is 0 Å². The first kappa shape index (κ1) is 10.3. The van der Waals surface area contributed by atoms with Gasteiger partial charge in [0.1, 0.15) is 6.33 Å². The van der Waals surface area contributed by atoms with Gasteiger partial charge in [0, 0.05) is 0 Å². The lowest BCUT2D eigenvalue weighted by Gasteiger charge is -2.04. The minimum Gasteiger partial charge on any atom is -0.304 e. The van der Waals surface area contributed by atoms with E-state index in [0.29, 0.717) is 0 Å². The summed E-state index contributed by atoms with van der Waals surface area (Å²) in [5, 5.41) is 8.23. The predicted molar refractivity (Wildman–Crippen MR) is 74.0 cm³/mol. The number of fused-ring (bicyclic) bond motifs is 3. The largest absolute Gasteiger partial charge is 0.304 e. The molecule has 0 amide bonds. The second-order valence-electron chi connectivity index (χ2n) is 4.56. The summed E-state index contributed by atoms with van der Waals surface area (Å²) >= 11 is 0. The summed E-state index contributed by atoms with van der Waals surface area (Å²) in [4.78, 5) is 0. The van der Waals surface area contributed by atoms with Crippen molar-refractivity contribution in [2.45, 2.75) is 6.54 Å². The highest BCUT2D eigenvalue weighted by Gasteiger charge is 2.11. The Balaban J connectivity index is 1.98. The molecule has 0 saturated heterocycles. The molecule has 0 atom stereocenters. The molecule has 2 aromatic heterocycles. The summed E-state index contributed by atoms with van der Waals surface area (Å²) in [6, 6.07) is 18.7. The first-order valence-corrected chi connectivity index (χ1v) is 6.24. The van der Waals surface area contributed by atoms with Gasteiger partial charge in [0.05, 0.1) is 17.6 Å². The van der Waals surface area contributed by atoms with Gasteiger partial charge in [0.2, 0.25) is 5.78 Å². The van der Waals surface area contributed by atoms with Gasteiger partial charge in [-0.25, -0.2) is 0 Å². The molecular weight excluding hydrogens is 236 g/mol. The molecule has 2 aromatic carbocycles. The Morgan fingerprint density at radius 2 is 1.58 bits per heavy atom. The van der Waals surface area contributed by atoms with Crippen LogP contribution in [-0.4, -0.2) is 19.2 Å². The summed E-state index contributed by atoms with van der Waals surface area (Å²) < 4.78 is 4.22. The molecule has 0 aliphatic rings. The lowest BCUT2D eigenvalue weighted by Crippen LogP contribution is -2.00. The van der Waals surface area contributed by atoms with E-state index in [9.17, 15) is 0 Å². The number of para-hydroxylation sites is 2. The fourth-order valence-corrected chi connectivity index (χ4v) is 2.51. The highest BCUT2D eigenvalue weighted by atomic mass is 15.3. The van der Waals surface area contributed by atoms with Crippen LogP contribution in [0.4, 0.5) is 0 Å². The van der Waals surface area contributed by atoms with E-state index in [1.54, 1.807) is 6.33 Å². The molecule has 0 spiro atoms. The van der Waals surface area contributed by atoms with E-state index in [0.717, 1.165) is 17.8 Å². The van der Waals surface area contributed by atoms with Gasteiger partial charge in [-0.05, 0) is 17.7 Å². The van der Waals surface area contributed by atoms with Crippen LogP contribution < -0.4 is 0 Å². The van der Waals surface area contributed by atoms with Crippen LogP contribution in [0, 0.1) is 0 Å². The molecule has 4 aromatic rings. The highest BCUT2D eigenvalue weighted by Crippen LogP contribution is 2.20. The SMILES string of the molecule is c1ccc(Cn2c3ccccc3n3cnnc23)cc1. The molecule has 0 aliphatic heterocycles. The topological polar surface area (TPSA) is 35.1 Å². The van der Waals surface area contributed by atoms with Gasteiger partial charge in [-0.3, -0.25) is 4.40 Å². The zero-order chi connectivity index (χ0) is 12.7. The van der Waals surface area contributed by atoms with E-state index >= 15 is 0 Å². The van der Waals surface area contributed by atoms with E-state index in [2.05, 4.69) is 57.2 Å². The number of imidazole rings is 1. The van der Waals surface area contributed by atoms with Crippen LogP contribution in [0.5, 0.6) is 0 Å². The average Bonchev–Trinajstić information content (AvgIpc) is 3.04. The maximum atomic E-state index is 4.23. The third-order valence-corrected chi connectivity index (χ3v) is 3.39. The van der Waals surface area contributed by atoms with E-state index in [4.69, 9.17) is 0 Å². The molecule has 0 N–H and O–H groups in total. The molecule has 0 bridgehead atoms. The quantitative estimate of drug-likeness (QED) is 0.546. The Hall–Kier alpha value is -2.62. The lowest BCUT2D eigenvalue weighted by atomic mass is 10.2. The zero-order valence-corrected chi connectivity index (χ0v) is 10.3. The highest BCUT2D eigenvalue weighted by molar-refractivity contribution is 5.80. The molecule has 0 aliphatic carbocycles. The maximum Gasteiger partial charge on any atom is 0.236 e. The smallest absolute Gasteiger partial charge is 0.236 e. The Morgan fingerprint density at radius 1 is 0.842 bits per heavy atom. The van der Waals surface area contributed by atoms with Crippen LogP contribution in [0.2, 0.25) is 0 Å². The van der Waals surface area contributed by atoms with Crippen LogP contribution in [0.15, 0.2) is 60.9 Å². The van der Waals surface area contributed by atoms with Crippen molar-refractivity contribution >= 4 is 16.8 Å². The van der Waals surface area contributed by atoms with Gasteiger partial charge >= 0.3 is 0 Å². The minimum absolute atomic E-state index is 0.802. The Bertz CT molecular complexity index is 842. The average molecular weight is 248 g/mol. The van der Waals surface area contributed by atoms with Crippen molar-refractivity contribution < 1.29 is 0 Å². The molecule has 4 heteroatoms. The molecule has 0 unspecified atom stereocenters. The normalized spacial score (nSPS) is 11.4. The lowest BCUT2D eigenvalue weighted by molar-refractivity contribution is 0.839. The maximum absolute atomic E-state index is 4.23. The molecule has 19 heavy (non-hydrogen) atoms. The number of nitrogens with zero attached hydrogens (tertiary/aromatic N) is 4. The fraction of sp³-hybridized carbons (Fsp3) is 0.0667. The van der Waals surface area contributed by atoms with Crippen molar-refractivity contribution in [2.24, 2.45) is 0 Å². The van der Waals surface area contributed by atoms with E-state index < -0.39 is 0 Å². The second kappa shape index (κ2) is 3.95. The number of hydrogen-bond acceptors (Lipinski definition) is 2. The molecule has 4 nitrogen and oxygen atoms in total. The Morgan fingerprint density at radius 3 is 2.42 bits per heavy atom. The summed E-state index contributed by atoms with van der Waals surface area (Å²) in [7, 11) is 0. The van der Waals surface area contributed by atoms with E-state index in [-0.39, 0.29) is 0 Å². The van der Waals surface area contributed by atoms with Crippen LogP contribution in [0.25, 0.3) is 16.8 Å². The monoisotopic (exact) mass is 248 g/mol. The summed E-state index contributed by atoms with van der Waals surface area (Å²) in [6.07, 6.45) is 1.76. The van der Waals surface area contributed by atoms with Crippen LogP contribution in [-0.2, 0) is 6.54 Å². The van der Waals surface area contributed by atoms with Gasteiger partial charge in [-0.1, -0.05) is 42.5 Å². The van der Waals surface area contributed by atoms with Crippen molar-refractivity contribution in [1.82, 2.24) is 19.2 Å². The zero-order valence-electron chi connectivity index (χ0n) is 10.3.